The van der Waals surface area contributed by atoms with Crippen LogP contribution in [-0.4, -0.2) is 24.6 Å². The van der Waals surface area contributed by atoms with Crippen molar-refractivity contribution in [3.63, 3.8) is 0 Å². The number of esters is 2. The van der Waals surface area contributed by atoms with E-state index >= 15 is 0 Å². The maximum atomic E-state index is 12.4. The topological polar surface area (TPSA) is 71.1 Å². The third-order valence-corrected chi connectivity index (χ3v) is 5.37. The normalized spacial score (nSPS) is 11.4. The molecule has 6 nitrogen and oxygen atoms in total. The van der Waals surface area contributed by atoms with E-state index < -0.39 is 24.6 Å². The molecule has 3 rings (SSSR count). The maximum absolute atomic E-state index is 12.4. The van der Waals surface area contributed by atoms with Gasteiger partial charge in [0.1, 0.15) is 23.0 Å². The van der Waals surface area contributed by atoms with Crippen LogP contribution >= 0.6 is 46.4 Å². The number of carbonyl (C=O) groups is 2. The first-order valence-electron chi connectivity index (χ1n) is 9.97. The summed E-state index contributed by atoms with van der Waals surface area (Å²) in [6.45, 7) is 1.21. The largest absolute Gasteiger partial charge is 0.480 e. The van der Waals surface area contributed by atoms with Crippen LogP contribution in [0.5, 0.6) is 23.0 Å². The lowest BCUT2D eigenvalue weighted by Gasteiger charge is -2.16. The molecule has 0 amide bonds. The number of rotatable bonds is 9. The van der Waals surface area contributed by atoms with Crippen LogP contribution < -0.4 is 14.2 Å². The fourth-order valence-electron chi connectivity index (χ4n) is 2.67. The maximum Gasteiger partial charge on any atom is 0.355 e. The Morgan fingerprint density at radius 3 is 1.91 bits per heavy atom. The zero-order valence-electron chi connectivity index (χ0n) is 17.7. The van der Waals surface area contributed by atoms with Gasteiger partial charge in [-0.1, -0.05) is 53.3 Å². The Kier molecular flexibility index (Phi) is 9.30. The molecule has 1 unspecified atom stereocenters. The van der Waals surface area contributed by atoms with E-state index in [2.05, 4.69) is 0 Å². The Hall–Kier alpha value is -2.64. The van der Waals surface area contributed by atoms with Crippen molar-refractivity contribution in [2.75, 3.05) is 6.61 Å². The van der Waals surface area contributed by atoms with Crippen molar-refractivity contribution in [3.8, 4) is 23.0 Å². The van der Waals surface area contributed by atoms with Gasteiger partial charge in [0.25, 0.3) is 0 Å². The van der Waals surface area contributed by atoms with E-state index in [1.807, 2.05) is 0 Å². The standard InChI is InChI=1S/C24H18Cl4O6/c1-2-20(24(30)34-23(29)13-31-21-9-3-14(25)11-18(21)27)32-16-5-7-17(8-6-16)33-22-10-4-15(26)12-19(22)28/h3-12,20H,2,13H2,1H3. The zero-order valence-corrected chi connectivity index (χ0v) is 20.8. The van der Waals surface area contributed by atoms with Crippen LogP contribution in [0.3, 0.4) is 0 Å². The molecular formula is C24H18Cl4O6. The van der Waals surface area contributed by atoms with Gasteiger partial charge in [0.05, 0.1) is 10.0 Å². The van der Waals surface area contributed by atoms with E-state index in [9.17, 15) is 9.59 Å². The van der Waals surface area contributed by atoms with Gasteiger partial charge in [-0.3, -0.25) is 0 Å². The van der Waals surface area contributed by atoms with Crippen molar-refractivity contribution < 1.29 is 28.5 Å². The van der Waals surface area contributed by atoms with Crippen LogP contribution in [0.4, 0.5) is 0 Å². The SMILES string of the molecule is CCC(Oc1ccc(Oc2ccc(Cl)cc2Cl)cc1)C(=O)OC(=O)COc1ccc(Cl)cc1Cl. The highest BCUT2D eigenvalue weighted by Gasteiger charge is 2.23. The summed E-state index contributed by atoms with van der Waals surface area (Å²) in [6.07, 6.45) is -0.727. The highest BCUT2D eigenvalue weighted by molar-refractivity contribution is 6.36. The van der Waals surface area contributed by atoms with Crippen molar-refractivity contribution in [1.82, 2.24) is 0 Å². The average molecular weight is 544 g/mol. The van der Waals surface area contributed by atoms with Gasteiger partial charge in [0.2, 0.25) is 0 Å². The first-order valence-corrected chi connectivity index (χ1v) is 11.5. The van der Waals surface area contributed by atoms with Crippen molar-refractivity contribution in [2.24, 2.45) is 0 Å². The Labute approximate surface area is 216 Å². The summed E-state index contributed by atoms with van der Waals surface area (Å²) >= 11 is 23.8. The lowest BCUT2D eigenvalue weighted by atomic mass is 10.2. The Morgan fingerprint density at radius 1 is 0.794 bits per heavy atom. The van der Waals surface area contributed by atoms with Crippen molar-refractivity contribution in [3.05, 3.63) is 80.8 Å². The molecule has 3 aromatic carbocycles. The summed E-state index contributed by atoms with van der Waals surface area (Å²) < 4.78 is 21.5. The minimum absolute atomic E-state index is 0.229. The molecular weight excluding hydrogens is 526 g/mol. The minimum atomic E-state index is -0.999. The lowest BCUT2D eigenvalue weighted by molar-refractivity contribution is -0.166. The number of halogens is 4. The predicted molar refractivity (Wildman–Crippen MR) is 131 cm³/mol. The quantitative estimate of drug-likeness (QED) is 0.207. The van der Waals surface area contributed by atoms with Crippen molar-refractivity contribution in [2.45, 2.75) is 19.4 Å². The molecule has 3 aromatic rings. The van der Waals surface area contributed by atoms with Gasteiger partial charge >= 0.3 is 11.9 Å². The minimum Gasteiger partial charge on any atom is -0.480 e. The molecule has 0 aliphatic carbocycles. The highest BCUT2D eigenvalue weighted by atomic mass is 35.5. The monoisotopic (exact) mass is 542 g/mol. The smallest absolute Gasteiger partial charge is 0.355 e. The van der Waals surface area contributed by atoms with Crippen LogP contribution in [0.25, 0.3) is 0 Å². The molecule has 34 heavy (non-hydrogen) atoms. The summed E-state index contributed by atoms with van der Waals surface area (Å²) in [7, 11) is 0. The van der Waals surface area contributed by atoms with Gasteiger partial charge in [-0.2, -0.15) is 0 Å². The van der Waals surface area contributed by atoms with Crippen LogP contribution in [0.2, 0.25) is 20.1 Å². The molecule has 178 valence electrons. The molecule has 1 atom stereocenters. The van der Waals surface area contributed by atoms with E-state index in [0.717, 1.165) is 0 Å². The second kappa shape index (κ2) is 12.2. The fourth-order valence-corrected chi connectivity index (χ4v) is 3.58. The summed E-state index contributed by atoms with van der Waals surface area (Å²) in [5.41, 5.74) is 0. The molecule has 0 aliphatic heterocycles. The van der Waals surface area contributed by atoms with Crippen molar-refractivity contribution in [1.29, 1.82) is 0 Å². The lowest BCUT2D eigenvalue weighted by Crippen LogP contribution is -2.32. The Bertz CT molecular complexity index is 1170. The zero-order chi connectivity index (χ0) is 24.7. The van der Waals surface area contributed by atoms with Crippen LogP contribution in [0.15, 0.2) is 60.7 Å². The molecule has 0 heterocycles. The van der Waals surface area contributed by atoms with Crippen LogP contribution in [-0.2, 0) is 14.3 Å². The Balaban J connectivity index is 1.53. The Morgan fingerprint density at radius 2 is 1.35 bits per heavy atom. The molecule has 0 saturated carbocycles. The molecule has 10 heteroatoms. The first kappa shape index (κ1) is 26.0. The fraction of sp³-hybridized carbons (Fsp3) is 0.167. The van der Waals surface area contributed by atoms with E-state index in [0.29, 0.717) is 32.3 Å². The molecule has 0 N–H and O–H groups in total. The van der Waals surface area contributed by atoms with Gasteiger partial charge < -0.3 is 18.9 Å². The highest BCUT2D eigenvalue weighted by Crippen LogP contribution is 2.32. The van der Waals surface area contributed by atoms with E-state index in [1.165, 1.54) is 12.1 Å². The van der Waals surface area contributed by atoms with E-state index in [-0.39, 0.29) is 17.2 Å². The number of ether oxygens (including phenoxy) is 4. The van der Waals surface area contributed by atoms with Gasteiger partial charge in [0.15, 0.2) is 12.7 Å². The molecule has 0 aromatic heterocycles. The van der Waals surface area contributed by atoms with E-state index in [4.69, 9.17) is 65.4 Å². The number of benzene rings is 3. The first-order chi connectivity index (χ1) is 16.2. The average Bonchev–Trinajstić information content (AvgIpc) is 2.79. The summed E-state index contributed by atoms with van der Waals surface area (Å²) in [5.74, 6) is -0.167. The second-order valence-corrected chi connectivity index (χ2v) is 8.51. The molecule has 0 spiro atoms. The number of carbonyl (C=O) groups excluding carboxylic acids is 2. The molecule has 0 fully saturated rings. The number of hydrogen-bond acceptors (Lipinski definition) is 6. The van der Waals surface area contributed by atoms with E-state index in [1.54, 1.807) is 55.5 Å². The summed E-state index contributed by atoms with van der Waals surface area (Å²) in [6, 6.07) is 15.9. The summed E-state index contributed by atoms with van der Waals surface area (Å²) in [5, 5.41) is 1.52. The van der Waals surface area contributed by atoms with Crippen LogP contribution in [0.1, 0.15) is 13.3 Å². The summed E-state index contributed by atoms with van der Waals surface area (Å²) in [4.78, 5) is 24.4. The predicted octanol–water partition coefficient (Wildman–Crippen LogP) is 7.40. The van der Waals surface area contributed by atoms with Gasteiger partial charge in [-0.05, 0) is 67.1 Å². The van der Waals surface area contributed by atoms with Gasteiger partial charge in [-0.15, -0.1) is 0 Å². The molecule has 0 radical (unpaired) electrons. The van der Waals surface area contributed by atoms with Crippen LogP contribution in [0, 0.1) is 0 Å². The number of hydrogen-bond donors (Lipinski definition) is 0. The van der Waals surface area contributed by atoms with Gasteiger partial charge in [0, 0.05) is 10.0 Å². The molecule has 0 bridgehead atoms. The van der Waals surface area contributed by atoms with Gasteiger partial charge in [-0.25, -0.2) is 9.59 Å². The second-order valence-electron chi connectivity index (χ2n) is 6.82. The molecule has 0 saturated heterocycles. The third kappa shape index (κ3) is 7.43. The third-order valence-electron chi connectivity index (χ3n) is 4.31. The molecule has 0 aliphatic rings. The van der Waals surface area contributed by atoms with Crippen molar-refractivity contribution >= 4 is 58.3 Å².